The lowest BCUT2D eigenvalue weighted by atomic mass is 10.1. The van der Waals surface area contributed by atoms with Crippen LogP contribution >= 0.6 is 0 Å². The number of para-hydroxylation sites is 1. The van der Waals surface area contributed by atoms with Gasteiger partial charge < -0.3 is 5.32 Å². The molecule has 6 heteroatoms. The molecule has 0 fully saturated rings. The second-order valence-corrected chi connectivity index (χ2v) is 6.15. The van der Waals surface area contributed by atoms with Crippen LogP contribution in [-0.4, -0.2) is 23.3 Å². The van der Waals surface area contributed by atoms with Crippen molar-refractivity contribution in [3.05, 3.63) is 77.5 Å². The van der Waals surface area contributed by atoms with Crippen LogP contribution in [0.4, 0.5) is 0 Å². The zero-order valence-electron chi connectivity index (χ0n) is 15.2. The largest absolute Gasteiger partial charge is 0.347 e. The van der Waals surface area contributed by atoms with E-state index in [-0.39, 0.29) is 11.8 Å². The summed E-state index contributed by atoms with van der Waals surface area (Å²) in [7, 11) is 0. The Morgan fingerprint density at radius 2 is 1.70 bits per heavy atom. The Kier molecular flexibility index (Phi) is 6.12. The highest BCUT2D eigenvalue weighted by atomic mass is 16.2. The SMILES string of the molecule is CCCNNC(=O)c1ccc(CNC(=O)c2ccc3ccccc3n2)cc1. The Balaban J connectivity index is 1.57. The van der Waals surface area contributed by atoms with Gasteiger partial charge in [0, 0.05) is 24.0 Å². The molecule has 0 saturated carbocycles. The zero-order valence-corrected chi connectivity index (χ0v) is 15.2. The van der Waals surface area contributed by atoms with Gasteiger partial charge in [0.15, 0.2) is 0 Å². The average Bonchev–Trinajstić information content (AvgIpc) is 2.72. The number of amides is 2. The van der Waals surface area contributed by atoms with Crippen LogP contribution in [0, 0.1) is 0 Å². The van der Waals surface area contributed by atoms with Crippen molar-refractivity contribution in [2.24, 2.45) is 0 Å². The molecule has 0 bridgehead atoms. The zero-order chi connectivity index (χ0) is 19.1. The fourth-order valence-corrected chi connectivity index (χ4v) is 2.58. The average molecular weight is 362 g/mol. The lowest BCUT2D eigenvalue weighted by molar-refractivity contribution is 0.0928. The van der Waals surface area contributed by atoms with E-state index in [0.717, 1.165) is 29.4 Å². The predicted molar refractivity (Wildman–Crippen MR) is 105 cm³/mol. The van der Waals surface area contributed by atoms with Crippen LogP contribution in [0.2, 0.25) is 0 Å². The van der Waals surface area contributed by atoms with Crippen LogP contribution < -0.4 is 16.2 Å². The summed E-state index contributed by atoms with van der Waals surface area (Å²) in [5.74, 6) is -0.411. The quantitative estimate of drug-likeness (QED) is 0.446. The van der Waals surface area contributed by atoms with Crippen LogP contribution in [0.3, 0.4) is 0 Å². The molecule has 1 heterocycles. The van der Waals surface area contributed by atoms with E-state index in [1.54, 1.807) is 18.2 Å². The molecule has 6 nitrogen and oxygen atoms in total. The molecule has 0 radical (unpaired) electrons. The van der Waals surface area contributed by atoms with E-state index in [1.807, 2.05) is 49.4 Å². The number of carbonyl (C=O) groups excluding carboxylic acids is 2. The number of rotatable bonds is 7. The fourth-order valence-electron chi connectivity index (χ4n) is 2.58. The van der Waals surface area contributed by atoms with Crippen LogP contribution in [0.5, 0.6) is 0 Å². The molecular formula is C21H22N4O2. The van der Waals surface area contributed by atoms with E-state index in [9.17, 15) is 9.59 Å². The molecule has 0 atom stereocenters. The van der Waals surface area contributed by atoms with Gasteiger partial charge in [-0.05, 0) is 36.2 Å². The van der Waals surface area contributed by atoms with Crippen molar-refractivity contribution >= 4 is 22.7 Å². The predicted octanol–water partition coefficient (Wildman–Crippen LogP) is 2.81. The van der Waals surface area contributed by atoms with E-state index in [4.69, 9.17) is 0 Å². The van der Waals surface area contributed by atoms with Crippen LogP contribution in [-0.2, 0) is 6.54 Å². The van der Waals surface area contributed by atoms with E-state index in [0.29, 0.717) is 17.8 Å². The van der Waals surface area contributed by atoms with E-state index in [1.165, 1.54) is 0 Å². The molecule has 0 unspecified atom stereocenters. The second kappa shape index (κ2) is 8.91. The summed E-state index contributed by atoms with van der Waals surface area (Å²) < 4.78 is 0. The summed E-state index contributed by atoms with van der Waals surface area (Å²) in [6, 6.07) is 18.4. The summed E-state index contributed by atoms with van der Waals surface area (Å²) in [6.07, 6.45) is 0.935. The number of aromatic nitrogens is 1. The van der Waals surface area contributed by atoms with Gasteiger partial charge in [0.2, 0.25) is 0 Å². The number of nitrogens with one attached hydrogen (secondary N) is 3. The minimum atomic E-state index is -0.230. The molecule has 27 heavy (non-hydrogen) atoms. The van der Waals surface area contributed by atoms with E-state index in [2.05, 4.69) is 21.2 Å². The fraction of sp³-hybridized carbons (Fsp3) is 0.190. The molecule has 3 rings (SSSR count). The normalized spacial score (nSPS) is 10.6. The number of hydrogen-bond donors (Lipinski definition) is 3. The Bertz CT molecular complexity index is 938. The van der Waals surface area contributed by atoms with Gasteiger partial charge in [0.05, 0.1) is 5.52 Å². The first-order chi connectivity index (χ1) is 13.2. The van der Waals surface area contributed by atoms with Crippen molar-refractivity contribution in [3.8, 4) is 0 Å². The number of hydrazine groups is 1. The maximum atomic E-state index is 12.3. The van der Waals surface area contributed by atoms with Gasteiger partial charge in [-0.25, -0.2) is 10.4 Å². The standard InChI is InChI=1S/C21H22N4O2/c1-2-13-23-25-20(26)17-9-7-15(8-10-17)14-22-21(27)19-12-11-16-5-3-4-6-18(16)24-19/h3-12,23H,2,13-14H2,1H3,(H,22,27)(H,25,26). The van der Waals surface area contributed by atoms with Crippen molar-refractivity contribution in [2.75, 3.05) is 6.54 Å². The molecule has 0 aliphatic heterocycles. The van der Waals surface area contributed by atoms with Gasteiger partial charge in [-0.2, -0.15) is 0 Å². The molecule has 0 aliphatic rings. The number of fused-ring (bicyclic) bond motifs is 1. The highest BCUT2D eigenvalue weighted by Gasteiger charge is 2.09. The van der Waals surface area contributed by atoms with Crippen LogP contribution in [0.25, 0.3) is 10.9 Å². The van der Waals surface area contributed by atoms with Gasteiger partial charge in [-0.1, -0.05) is 43.3 Å². The molecule has 0 saturated heterocycles. The second-order valence-electron chi connectivity index (χ2n) is 6.15. The Hall–Kier alpha value is -3.25. The molecule has 3 N–H and O–H groups in total. The molecule has 3 aromatic rings. The van der Waals surface area contributed by atoms with Crippen molar-refractivity contribution in [3.63, 3.8) is 0 Å². The number of carbonyl (C=O) groups is 2. The topological polar surface area (TPSA) is 83.1 Å². The summed E-state index contributed by atoms with van der Waals surface area (Å²) >= 11 is 0. The number of benzene rings is 2. The maximum Gasteiger partial charge on any atom is 0.270 e. The first-order valence-electron chi connectivity index (χ1n) is 8.93. The molecule has 1 aromatic heterocycles. The highest BCUT2D eigenvalue weighted by Crippen LogP contribution is 2.12. The summed E-state index contributed by atoms with van der Waals surface area (Å²) in [4.78, 5) is 28.7. The lowest BCUT2D eigenvalue weighted by Crippen LogP contribution is -2.37. The summed E-state index contributed by atoms with van der Waals surface area (Å²) in [5, 5.41) is 3.85. The van der Waals surface area contributed by atoms with Crippen molar-refractivity contribution in [1.82, 2.24) is 21.2 Å². The minimum Gasteiger partial charge on any atom is -0.347 e. The molecule has 0 aliphatic carbocycles. The third-order valence-corrected chi connectivity index (χ3v) is 4.08. The van der Waals surface area contributed by atoms with Gasteiger partial charge in [-0.3, -0.25) is 15.0 Å². The van der Waals surface area contributed by atoms with Crippen LogP contribution in [0.1, 0.15) is 39.8 Å². The number of hydrogen-bond acceptors (Lipinski definition) is 4. The molecular weight excluding hydrogens is 340 g/mol. The van der Waals surface area contributed by atoms with Crippen LogP contribution in [0.15, 0.2) is 60.7 Å². The highest BCUT2D eigenvalue weighted by molar-refractivity contribution is 5.95. The van der Waals surface area contributed by atoms with E-state index >= 15 is 0 Å². The Morgan fingerprint density at radius 3 is 2.48 bits per heavy atom. The Labute approximate surface area is 158 Å². The molecule has 0 spiro atoms. The summed E-state index contributed by atoms with van der Waals surface area (Å²) in [6.45, 7) is 3.11. The Morgan fingerprint density at radius 1 is 0.926 bits per heavy atom. The lowest BCUT2D eigenvalue weighted by Gasteiger charge is -2.08. The third kappa shape index (κ3) is 4.89. The van der Waals surface area contributed by atoms with Crippen molar-refractivity contribution < 1.29 is 9.59 Å². The van der Waals surface area contributed by atoms with Gasteiger partial charge in [0.25, 0.3) is 11.8 Å². The number of nitrogens with zero attached hydrogens (tertiary/aromatic N) is 1. The maximum absolute atomic E-state index is 12.3. The van der Waals surface area contributed by atoms with Crippen molar-refractivity contribution in [2.45, 2.75) is 19.9 Å². The molecule has 2 amide bonds. The smallest absolute Gasteiger partial charge is 0.270 e. The monoisotopic (exact) mass is 362 g/mol. The minimum absolute atomic E-state index is 0.181. The van der Waals surface area contributed by atoms with Gasteiger partial charge >= 0.3 is 0 Å². The molecule has 138 valence electrons. The van der Waals surface area contributed by atoms with Crippen molar-refractivity contribution in [1.29, 1.82) is 0 Å². The molecule has 2 aromatic carbocycles. The number of pyridine rings is 1. The van der Waals surface area contributed by atoms with E-state index < -0.39 is 0 Å². The van der Waals surface area contributed by atoms with Gasteiger partial charge in [-0.15, -0.1) is 0 Å². The third-order valence-electron chi connectivity index (χ3n) is 4.08. The first kappa shape index (κ1) is 18.5. The first-order valence-corrected chi connectivity index (χ1v) is 8.93. The summed E-state index contributed by atoms with van der Waals surface area (Å²) in [5.41, 5.74) is 8.13. The van der Waals surface area contributed by atoms with Gasteiger partial charge in [0.1, 0.15) is 5.69 Å².